The summed E-state index contributed by atoms with van der Waals surface area (Å²) in [4.78, 5) is 14.6. The van der Waals surface area contributed by atoms with Crippen LogP contribution in [0.25, 0.3) is 11.5 Å². The molecule has 0 aliphatic rings. The van der Waals surface area contributed by atoms with Crippen LogP contribution in [-0.4, -0.2) is 24.6 Å². The number of benzene rings is 2. The lowest BCUT2D eigenvalue weighted by Gasteiger charge is -2.08. The summed E-state index contributed by atoms with van der Waals surface area (Å²) < 4.78 is 29.0. The molecule has 3 rings (SSSR count). The van der Waals surface area contributed by atoms with E-state index in [0.717, 1.165) is 11.8 Å². The van der Waals surface area contributed by atoms with Crippen molar-refractivity contribution in [2.75, 3.05) is 11.6 Å². The number of oxazole rings is 1. The Morgan fingerprint density at radius 3 is 2.54 bits per heavy atom. The standard InChI is InChI=1S/C17H15N3O5S/c1-26(23,24)15-9-5-8-14(16(15)20(21)22)18-10-13-11-25-17(19-13)12-6-3-2-4-7-12/h2-9,11,18H,10H2,1H3. The molecule has 2 aromatic carbocycles. The van der Waals surface area contributed by atoms with Crippen LogP contribution >= 0.6 is 0 Å². The van der Waals surface area contributed by atoms with Crippen LogP contribution in [0, 0.1) is 10.1 Å². The van der Waals surface area contributed by atoms with E-state index < -0.39 is 20.4 Å². The largest absolute Gasteiger partial charge is 0.444 e. The Hall–Kier alpha value is -3.20. The van der Waals surface area contributed by atoms with Gasteiger partial charge in [0.1, 0.15) is 16.8 Å². The molecule has 0 atom stereocenters. The van der Waals surface area contributed by atoms with E-state index in [-0.39, 0.29) is 17.1 Å². The van der Waals surface area contributed by atoms with Crippen molar-refractivity contribution in [1.82, 2.24) is 4.98 Å². The quantitative estimate of drug-likeness (QED) is 0.521. The van der Waals surface area contributed by atoms with Crippen LogP contribution < -0.4 is 5.32 Å². The molecule has 0 unspecified atom stereocenters. The number of hydrogen-bond donors (Lipinski definition) is 1. The van der Waals surface area contributed by atoms with E-state index >= 15 is 0 Å². The number of sulfone groups is 1. The van der Waals surface area contributed by atoms with Gasteiger partial charge in [-0.1, -0.05) is 24.3 Å². The monoisotopic (exact) mass is 373 g/mol. The molecule has 0 aliphatic heterocycles. The molecule has 0 bridgehead atoms. The summed E-state index contributed by atoms with van der Waals surface area (Å²) in [5, 5.41) is 14.2. The highest BCUT2D eigenvalue weighted by Crippen LogP contribution is 2.32. The molecular formula is C17H15N3O5S. The number of nitrogens with zero attached hydrogens (tertiary/aromatic N) is 2. The SMILES string of the molecule is CS(=O)(=O)c1cccc(NCc2coc(-c3ccccc3)n2)c1[N+](=O)[O-]. The Morgan fingerprint density at radius 1 is 1.15 bits per heavy atom. The van der Waals surface area contributed by atoms with Gasteiger partial charge in [0.25, 0.3) is 0 Å². The van der Waals surface area contributed by atoms with Gasteiger partial charge in [-0.3, -0.25) is 10.1 Å². The average Bonchev–Trinajstić information content (AvgIpc) is 3.08. The van der Waals surface area contributed by atoms with Crippen molar-refractivity contribution in [3.63, 3.8) is 0 Å². The van der Waals surface area contributed by atoms with Crippen LogP contribution in [0.2, 0.25) is 0 Å². The molecule has 0 fully saturated rings. The Labute approximate surface area is 149 Å². The Bertz CT molecular complexity index is 1050. The Kier molecular flexibility index (Phi) is 4.72. The smallest absolute Gasteiger partial charge is 0.310 e. The maximum absolute atomic E-state index is 11.8. The summed E-state index contributed by atoms with van der Waals surface area (Å²) in [5.41, 5.74) is 0.954. The lowest BCUT2D eigenvalue weighted by Crippen LogP contribution is -2.08. The van der Waals surface area contributed by atoms with Gasteiger partial charge in [-0.2, -0.15) is 0 Å². The zero-order chi connectivity index (χ0) is 18.7. The average molecular weight is 373 g/mol. The lowest BCUT2D eigenvalue weighted by atomic mass is 10.2. The molecule has 0 radical (unpaired) electrons. The summed E-state index contributed by atoms with van der Waals surface area (Å²) >= 11 is 0. The third-order valence-electron chi connectivity index (χ3n) is 3.61. The minimum absolute atomic E-state index is 0.0992. The first-order valence-corrected chi connectivity index (χ1v) is 9.46. The number of para-hydroxylation sites is 1. The van der Waals surface area contributed by atoms with Crippen LogP contribution in [0.1, 0.15) is 5.69 Å². The lowest BCUT2D eigenvalue weighted by molar-refractivity contribution is -0.386. The van der Waals surface area contributed by atoms with Crippen LogP contribution in [-0.2, 0) is 16.4 Å². The second-order valence-electron chi connectivity index (χ2n) is 5.55. The summed E-state index contributed by atoms with van der Waals surface area (Å²) in [5.74, 6) is 0.432. The number of rotatable bonds is 6. The highest BCUT2D eigenvalue weighted by Gasteiger charge is 2.26. The van der Waals surface area contributed by atoms with Gasteiger partial charge in [-0.25, -0.2) is 13.4 Å². The van der Waals surface area contributed by atoms with Gasteiger partial charge in [-0.05, 0) is 24.3 Å². The highest BCUT2D eigenvalue weighted by atomic mass is 32.2. The van der Waals surface area contributed by atoms with Crippen molar-refractivity contribution in [3.8, 4) is 11.5 Å². The first-order chi connectivity index (χ1) is 12.4. The molecule has 1 N–H and O–H groups in total. The molecule has 1 aromatic heterocycles. The molecule has 0 saturated heterocycles. The van der Waals surface area contributed by atoms with Crippen LogP contribution in [0.4, 0.5) is 11.4 Å². The van der Waals surface area contributed by atoms with E-state index in [0.29, 0.717) is 11.6 Å². The van der Waals surface area contributed by atoms with Crippen molar-refractivity contribution < 1.29 is 17.8 Å². The molecular weight excluding hydrogens is 358 g/mol. The molecule has 9 heteroatoms. The predicted octanol–water partition coefficient (Wildman–Crippen LogP) is 3.27. The minimum atomic E-state index is -3.73. The van der Waals surface area contributed by atoms with E-state index in [1.807, 2.05) is 30.3 Å². The number of nitrogens with one attached hydrogen (secondary N) is 1. The van der Waals surface area contributed by atoms with E-state index in [4.69, 9.17) is 4.42 Å². The van der Waals surface area contributed by atoms with Crippen LogP contribution in [0.5, 0.6) is 0 Å². The molecule has 3 aromatic rings. The van der Waals surface area contributed by atoms with Gasteiger partial charge in [0.05, 0.1) is 17.2 Å². The zero-order valence-corrected chi connectivity index (χ0v) is 14.6. The number of nitro groups is 1. The second-order valence-corrected chi connectivity index (χ2v) is 7.53. The van der Waals surface area contributed by atoms with Crippen molar-refractivity contribution in [1.29, 1.82) is 0 Å². The first-order valence-electron chi connectivity index (χ1n) is 7.57. The van der Waals surface area contributed by atoms with Gasteiger partial charge >= 0.3 is 5.69 Å². The molecule has 0 spiro atoms. The van der Waals surface area contributed by atoms with Crippen LogP contribution in [0.15, 0.2) is 64.1 Å². The summed E-state index contributed by atoms with van der Waals surface area (Å²) in [6.45, 7) is 0.143. The van der Waals surface area contributed by atoms with Crippen molar-refractivity contribution in [2.24, 2.45) is 0 Å². The Balaban J connectivity index is 1.85. The van der Waals surface area contributed by atoms with Gasteiger partial charge in [0.2, 0.25) is 5.89 Å². The van der Waals surface area contributed by atoms with E-state index in [1.54, 1.807) is 0 Å². The van der Waals surface area contributed by atoms with E-state index in [1.165, 1.54) is 24.5 Å². The van der Waals surface area contributed by atoms with Gasteiger partial charge in [-0.15, -0.1) is 0 Å². The van der Waals surface area contributed by atoms with E-state index in [9.17, 15) is 18.5 Å². The fraction of sp³-hybridized carbons (Fsp3) is 0.118. The fourth-order valence-corrected chi connectivity index (χ4v) is 3.30. The minimum Gasteiger partial charge on any atom is -0.444 e. The molecule has 1 heterocycles. The summed E-state index contributed by atoms with van der Waals surface area (Å²) in [6, 6.07) is 13.4. The highest BCUT2D eigenvalue weighted by molar-refractivity contribution is 7.90. The Morgan fingerprint density at radius 2 is 1.88 bits per heavy atom. The first kappa shape index (κ1) is 17.6. The van der Waals surface area contributed by atoms with Gasteiger partial charge in [0.15, 0.2) is 9.84 Å². The van der Waals surface area contributed by atoms with Crippen molar-refractivity contribution in [3.05, 3.63) is 70.6 Å². The molecule has 0 saturated carbocycles. The number of aromatic nitrogens is 1. The third-order valence-corrected chi connectivity index (χ3v) is 4.74. The third kappa shape index (κ3) is 3.72. The fourth-order valence-electron chi connectivity index (χ4n) is 2.44. The van der Waals surface area contributed by atoms with Gasteiger partial charge in [0, 0.05) is 11.8 Å². The second kappa shape index (κ2) is 6.96. The maximum Gasteiger partial charge on any atom is 0.310 e. The van der Waals surface area contributed by atoms with E-state index in [2.05, 4.69) is 10.3 Å². The van der Waals surface area contributed by atoms with Crippen molar-refractivity contribution >= 4 is 21.2 Å². The molecule has 8 nitrogen and oxygen atoms in total. The maximum atomic E-state index is 11.8. The zero-order valence-electron chi connectivity index (χ0n) is 13.7. The van der Waals surface area contributed by atoms with Gasteiger partial charge < -0.3 is 9.73 Å². The molecule has 0 amide bonds. The summed E-state index contributed by atoms with van der Waals surface area (Å²) in [7, 11) is -3.73. The molecule has 134 valence electrons. The molecule has 26 heavy (non-hydrogen) atoms. The number of hydrogen-bond acceptors (Lipinski definition) is 7. The topological polar surface area (TPSA) is 115 Å². The number of anilines is 1. The predicted molar refractivity (Wildman–Crippen MR) is 95.5 cm³/mol. The normalized spacial score (nSPS) is 11.3. The number of nitro benzene ring substituents is 1. The van der Waals surface area contributed by atoms with Crippen LogP contribution in [0.3, 0.4) is 0 Å². The molecule has 0 aliphatic carbocycles. The summed E-state index contributed by atoms with van der Waals surface area (Å²) in [6.07, 6.45) is 2.38. The van der Waals surface area contributed by atoms with Crippen molar-refractivity contribution in [2.45, 2.75) is 11.4 Å².